The predicted octanol–water partition coefficient (Wildman–Crippen LogP) is 1.42. The number of nitrogens with two attached hydrogens (primary N) is 1. The molecule has 0 aliphatic heterocycles. The number of anilines is 1. The maximum absolute atomic E-state index is 12.2. The molecule has 21 heavy (non-hydrogen) atoms. The van der Waals surface area contributed by atoms with Crippen LogP contribution in [0.1, 0.15) is 26.3 Å². The standard InChI is InChI=1S/C13H20ClN3O3S/c1-7(2)16-13(18)9(4)17-21(19,20)10-5-11(14)8(3)12(15)6-10/h5-7,9,17H,15H2,1-4H3,(H,16,18). The van der Waals surface area contributed by atoms with E-state index >= 15 is 0 Å². The average Bonchev–Trinajstić information content (AvgIpc) is 2.33. The molecule has 6 nitrogen and oxygen atoms in total. The number of halogens is 1. The summed E-state index contributed by atoms with van der Waals surface area (Å²) in [5, 5.41) is 2.89. The molecule has 0 aliphatic rings. The van der Waals surface area contributed by atoms with Crippen LogP contribution in [-0.4, -0.2) is 26.4 Å². The van der Waals surface area contributed by atoms with Gasteiger partial charge in [-0.2, -0.15) is 4.72 Å². The lowest BCUT2D eigenvalue weighted by Gasteiger charge is -2.17. The van der Waals surface area contributed by atoms with Crippen LogP contribution in [0.15, 0.2) is 17.0 Å². The molecule has 1 unspecified atom stereocenters. The van der Waals surface area contributed by atoms with E-state index in [0.29, 0.717) is 5.56 Å². The third kappa shape index (κ3) is 4.59. The Kier molecular flexibility index (Phi) is 5.61. The maximum Gasteiger partial charge on any atom is 0.241 e. The number of hydrogen-bond acceptors (Lipinski definition) is 4. The summed E-state index contributed by atoms with van der Waals surface area (Å²) < 4.78 is 26.8. The topological polar surface area (TPSA) is 101 Å². The fourth-order valence-electron chi connectivity index (χ4n) is 1.59. The van der Waals surface area contributed by atoms with E-state index in [2.05, 4.69) is 10.0 Å². The second-order valence-electron chi connectivity index (χ2n) is 5.13. The average molecular weight is 334 g/mol. The van der Waals surface area contributed by atoms with Crippen LogP contribution in [0.2, 0.25) is 5.02 Å². The molecule has 0 bridgehead atoms. The van der Waals surface area contributed by atoms with Crippen molar-refractivity contribution in [3.8, 4) is 0 Å². The zero-order valence-corrected chi connectivity index (χ0v) is 14.0. The van der Waals surface area contributed by atoms with Crippen molar-refractivity contribution in [1.29, 1.82) is 0 Å². The molecular formula is C13H20ClN3O3S. The van der Waals surface area contributed by atoms with Gasteiger partial charge >= 0.3 is 0 Å². The van der Waals surface area contributed by atoms with Gasteiger partial charge in [0.2, 0.25) is 15.9 Å². The number of hydrogen-bond donors (Lipinski definition) is 3. The Morgan fingerprint density at radius 3 is 2.33 bits per heavy atom. The fourth-order valence-corrected chi connectivity index (χ4v) is 3.15. The van der Waals surface area contributed by atoms with E-state index in [-0.39, 0.29) is 21.6 Å². The fraction of sp³-hybridized carbons (Fsp3) is 0.462. The Hall–Kier alpha value is -1.31. The monoisotopic (exact) mass is 333 g/mol. The number of sulfonamides is 1. The molecule has 0 spiro atoms. The van der Waals surface area contributed by atoms with E-state index in [0.717, 1.165) is 0 Å². The van der Waals surface area contributed by atoms with Crippen LogP contribution < -0.4 is 15.8 Å². The van der Waals surface area contributed by atoms with Crippen LogP contribution >= 0.6 is 11.6 Å². The van der Waals surface area contributed by atoms with Crippen molar-refractivity contribution in [2.24, 2.45) is 0 Å². The van der Waals surface area contributed by atoms with Gasteiger partial charge in [0.25, 0.3) is 0 Å². The molecule has 1 aromatic rings. The SMILES string of the molecule is Cc1c(N)cc(S(=O)(=O)NC(C)C(=O)NC(C)C)cc1Cl. The van der Waals surface area contributed by atoms with E-state index in [9.17, 15) is 13.2 Å². The highest BCUT2D eigenvalue weighted by Crippen LogP contribution is 2.25. The van der Waals surface area contributed by atoms with Gasteiger partial charge in [-0.3, -0.25) is 4.79 Å². The molecule has 0 aliphatic carbocycles. The largest absolute Gasteiger partial charge is 0.398 e. The van der Waals surface area contributed by atoms with Crippen molar-refractivity contribution in [2.75, 3.05) is 5.73 Å². The summed E-state index contributed by atoms with van der Waals surface area (Å²) in [4.78, 5) is 11.7. The molecule has 1 amide bonds. The number of rotatable bonds is 5. The smallest absolute Gasteiger partial charge is 0.241 e. The van der Waals surface area contributed by atoms with Gasteiger partial charge in [0.15, 0.2) is 0 Å². The van der Waals surface area contributed by atoms with Gasteiger partial charge in [0.1, 0.15) is 0 Å². The first-order chi connectivity index (χ1) is 9.54. The van der Waals surface area contributed by atoms with Gasteiger partial charge in [-0.1, -0.05) is 11.6 Å². The number of nitrogen functional groups attached to an aromatic ring is 1. The molecule has 0 fully saturated rings. The van der Waals surface area contributed by atoms with Gasteiger partial charge in [-0.05, 0) is 45.4 Å². The molecule has 118 valence electrons. The molecule has 1 aromatic carbocycles. The number of carbonyl (C=O) groups is 1. The minimum absolute atomic E-state index is 0.0696. The molecule has 0 aromatic heterocycles. The first kappa shape index (κ1) is 17.7. The molecule has 0 saturated carbocycles. The van der Waals surface area contributed by atoms with Gasteiger partial charge in [-0.15, -0.1) is 0 Å². The van der Waals surface area contributed by atoms with Crippen LogP contribution in [-0.2, 0) is 14.8 Å². The zero-order valence-electron chi connectivity index (χ0n) is 12.4. The van der Waals surface area contributed by atoms with Gasteiger partial charge in [0.05, 0.1) is 10.9 Å². The summed E-state index contributed by atoms with van der Waals surface area (Å²) in [5.74, 6) is -0.403. The van der Waals surface area contributed by atoms with E-state index in [1.807, 2.05) is 0 Å². The summed E-state index contributed by atoms with van der Waals surface area (Å²) in [6.45, 7) is 6.74. The van der Waals surface area contributed by atoms with Crippen LogP contribution in [0.5, 0.6) is 0 Å². The van der Waals surface area contributed by atoms with Crippen LogP contribution in [0.3, 0.4) is 0 Å². The second kappa shape index (κ2) is 6.64. The van der Waals surface area contributed by atoms with Crippen molar-refractivity contribution in [2.45, 2.75) is 44.7 Å². The Balaban J connectivity index is 2.99. The zero-order chi connectivity index (χ0) is 16.4. The summed E-state index contributed by atoms with van der Waals surface area (Å²) in [6, 6.07) is 1.65. The maximum atomic E-state index is 12.2. The third-order valence-electron chi connectivity index (χ3n) is 2.82. The molecule has 4 N–H and O–H groups in total. The van der Waals surface area contributed by atoms with Crippen LogP contribution in [0, 0.1) is 6.92 Å². The van der Waals surface area contributed by atoms with Gasteiger partial charge < -0.3 is 11.1 Å². The molecule has 0 saturated heterocycles. The molecular weight excluding hydrogens is 314 g/mol. The number of nitrogens with one attached hydrogen (secondary N) is 2. The summed E-state index contributed by atoms with van der Waals surface area (Å²) >= 11 is 5.94. The molecule has 8 heteroatoms. The Labute approximate surface area is 130 Å². The number of benzene rings is 1. The van der Waals surface area contributed by atoms with E-state index in [1.54, 1.807) is 20.8 Å². The normalized spacial score (nSPS) is 13.2. The van der Waals surface area contributed by atoms with Crippen LogP contribution in [0.4, 0.5) is 5.69 Å². The van der Waals surface area contributed by atoms with E-state index < -0.39 is 22.0 Å². The third-order valence-corrected chi connectivity index (χ3v) is 4.74. The van der Waals surface area contributed by atoms with Crippen LogP contribution in [0.25, 0.3) is 0 Å². The summed E-state index contributed by atoms with van der Waals surface area (Å²) in [7, 11) is -3.88. The Morgan fingerprint density at radius 2 is 1.86 bits per heavy atom. The highest BCUT2D eigenvalue weighted by atomic mass is 35.5. The lowest BCUT2D eigenvalue weighted by atomic mass is 10.2. The highest BCUT2D eigenvalue weighted by Gasteiger charge is 2.23. The minimum Gasteiger partial charge on any atom is -0.398 e. The predicted molar refractivity (Wildman–Crippen MR) is 83.7 cm³/mol. The van der Waals surface area contributed by atoms with Crippen molar-refractivity contribution in [3.05, 3.63) is 22.7 Å². The molecule has 0 radical (unpaired) electrons. The summed E-state index contributed by atoms with van der Waals surface area (Å²) in [6.07, 6.45) is 0. The summed E-state index contributed by atoms with van der Waals surface area (Å²) in [5.41, 5.74) is 6.61. The minimum atomic E-state index is -3.88. The lowest BCUT2D eigenvalue weighted by molar-refractivity contribution is -0.122. The quantitative estimate of drug-likeness (QED) is 0.709. The Morgan fingerprint density at radius 1 is 1.29 bits per heavy atom. The van der Waals surface area contributed by atoms with Crippen molar-refractivity contribution in [3.63, 3.8) is 0 Å². The first-order valence-corrected chi connectivity index (χ1v) is 8.29. The molecule has 1 atom stereocenters. The van der Waals surface area contributed by atoms with Gasteiger partial charge in [-0.25, -0.2) is 8.42 Å². The van der Waals surface area contributed by atoms with Crippen molar-refractivity contribution in [1.82, 2.24) is 10.0 Å². The molecule has 0 heterocycles. The number of carbonyl (C=O) groups excluding carboxylic acids is 1. The van der Waals surface area contributed by atoms with Crippen molar-refractivity contribution < 1.29 is 13.2 Å². The second-order valence-corrected chi connectivity index (χ2v) is 7.25. The lowest BCUT2D eigenvalue weighted by Crippen LogP contribution is -2.46. The number of amides is 1. The molecule has 1 rings (SSSR count). The van der Waals surface area contributed by atoms with Gasteiger partial charge in [0, 0.05) is 16.8 Å². The van der Waals surface area contributed by atoms with Crippen molar-refractivity contribution >= 4 is 33.2 Å². The van der Waals surface area contributed by atoms with E-state index in [4.69, 9.17) is 17.3 Å². The van der Waals surface area contributed by atoms with E-state index in [1.165, 1.54) is 19.1 Å². The highest BCUT2D eigenvalue weighted by molar-refractivity contribution is 7.89. The Bertz CT molecular complexity index is 621. The first-order valence-electron chi connectivity index (χ1n) is 6.43.